The van der Waals surface area contributed by atoms with Crippen LogP contribution in [0.4, 0.5) is 0 Å². The van der Waals surface area contributed by atoms with Gasteiger partial charge >= 0.3 is 0 Å². The van der Waals surface area contributed by atoms with Gasteiger partial charge in [-0.15, -0.1) is 0 Å². The highest BCUT2D eigenvalue weighted by Gasteiger charge is 2.21. The van der Waals surface area contributed by atoms with E-state index in [1.54, 1.807) is 22.5 Å². The minimum atomic E-state index is -3.40. The maximum atomic E-state index is 12.6. The number of hydrogen-bond acceptors (Lipinski definition) is 5. The van der Waals surface area contributed by atoms with Gasteiger partial charge in [0, 0.05) is 25.7 Å². The van der Waals surface area contributed by atoms with Gasteiger partial charge in [-0.2, -0.15) is 0 Å². The molecular formula is C19H32N2O5S. The Labute approximate surface area is 163 Å². The van der Waals surface area contributed by atoms with Crippen LogP contribution in [0.3, 0.4) is 0 Å². The van der Waals surface area contributed by atoms with Crippen LogP contribution in [0.1, 0.15) is 49.9 Å². The van der Waals surface area contributed by atoms with Gasteiger partial charge in [-0.3, -0.25) is 4.79 Å². The molecule has 0 aliphatic carbocycles. The molecule has 0 unspecified atom stereocenters. The molecule has 8 heteroatoms. The summed E-state index contributed by atoms with van der Waals surface area (Å²) < 4.78 is 37.1. The van der Waals surface area contributed by atoms with E-state index in [0.717, 1.165) is 25.7 Å². The predicted octanol–water partition coefficient (Wildman–Crippen LogP) is 2.67. The monoisotopic (exact) mass is 400 g/mol. The van der Waals surface area contributed by atoms with Crippen LogP contribution in [-0.4, -0.2) is 58.2 Å². The number of hydrogen-bond donors (Lipinski definition) is 1. The van der Waals surface area contributed by atoms with E-state index < -0.39 is 10.0 Å². The minimum absolute atomic E-state index is 0.0467. The van der Waals surface area contributed by atoms with Gasteiger partial charge in [-0.1, -0.05) is 26.7 Å². The summed E-state index contributed by atoms with van der Waals surface area (Å²) >= 11 is 0. The molecule has 1 N–H and O–H groups in total. The van der Waals surface area contributed by atoms with Gasteiger partial charge < -0.3 is 14.8 Å². The van der Waals surface area contributed by atoms with E-state index in [0.29, 0.717) is 30.2 Å². The maximum absolute atomic E-state index is 12.6. The van der Waals surface area contributed by atoms with Crippen molar-refractivity contribution < 1.29 is 22.7 Å². The number of ether oxygens (including phenoxy) is 2. The number of carbonyl (C=O) groups is 1. The zero-order chi connectivity index (χ0) is 20.3. The largest absolute Gasteiger partial charge is 0.497 e. The Kier molecular flexibility index (Phi) is 10.2. The molecule has 0 fully saturated rings. The molecule has 0 aromatic heterocycles. The Morgan fingerprint density at radius 2 is 1.70 bits per heavy atom. The molecule has 1 aromatic carbocycles. The zero-order valence-electron chi connectivity index (χ0n) is 16.8. The Morgan fingerprint density at radius 1 is 1.07 bits per heavy atom. The van der Waals surface area contributed by atoms with E-state index in [9.17, 15) is 13.2 Å². The van der Waals surface area contributed by atoms with Crippen LogP contribution in [0.5, 0.6) is 11.5 Å². The van der Waals surface area contributed by atoms with Gasteiger partial charge in [0.2, 0.25) is 10.0 Å². The molecule has 0 aliphatic heterocycles. The number of rotatable bonds is 13. The molecule has 0 saturated carbocycles. The first kappa shape index (κ1) is 23.2. The molecule has 0 bridgehead atoms. The molecule has 7 nitrogen and oxygen atoms in total. The lowest BCUT2D eigenvalue weighted by atomic mass is 10.2. The number of nitrogens with one attached hydrogen (secondary N) is 1. The van der Waals surface area contributed by atoms with Crippen molar-refractivity contribution in [3.63, 3.8) is 0 Å². The molecule has 0 heterocycles. The second-order valence-corrected chi connectivity index (χ2v) is 8.33. The van der Waals surface area contributed by atoms with Crippen LogP contribution in [0.15, 0.2) is 18.2 Å². The smallest absolute Gasteiger partial charge is 0.255 e. The van der Waals surface area contributed by atoms with Crippen molar-refractivity contribution in [3.05, 3.63) is 23.8 Å². The summed E-state index contributed by atoms with van der Waals surface area (Å²) in [6.07, 6.45) is 3.54. The highest BCUT2D eigenvalue weighted by Crippen LogP contribution is 2.24. The fourth-order valence-electron chi connectivity index (χ4n) is 2.56. The third kappa shape index (κ3) is 7.38. The molecule has 154 valence electrons. The van der Waals surface area contributed by atoms with Crippen LogP contribution in [0.2, 0.25) is 0 Å². The first-order valence-electron chi connectivity index (χ1n) is 9.37. The van der Waals surface area contributed by atoms with Gasteiger partial charge in [0.15, 0.2) is 0 Å². The molecule has 1 aromatic rings. The number of carbonyl (C=O) groups excluding carboxylic acids is 1. The fourth-order valence-corrected chi connectivity index (χ4v) is 4.00. The van der Waals surface area contributed by atoms with E-state index in [1.165, 1.54) is 14.2 Å². The molecular weight excluding hydrogens is 368 g/mol. The third-order valence-electron chi connectivity index (χ3n) is 4.21. The van der Waals surface area contributed by atoms with Gasteiger partial charge in [-0.05, 0) is 25.0 Å². The van der Waals surface area contributed by atoms with Crippen molar-refractivity contribution in [2.75, 3.05) is 39.6 Å². The molecule has 0 saturated heterocycles. The average molecular weight is 401 g/mol. The first-order valence-corrected chi connectivity index (χ1v) is 11.0. The van der Waals surface area contributed by atoms with Crippen molar-refractivity contribution >= 4 is 15.9 Å². The fraction of sp³-hybridized carbons (Fsp3) is 0.632. The molecule has 1 amide bonds. The Morgan fingerprint density at radius 3 is 2.22 bits per heavy atom. The van der Waals surface area contributed by atoms with E-state index in [1.807, 2.05) is 13.8 Å². The topological polar surface area (TPSA) is 84.9 Å². The Balaban J connectivity index is 2.70. The minimum Gasteiger partial charge on any atom is -0.497 e. The number of methoxy groups -OCH3 is 2. The molecule has 27 heavy (non-hydrogen) atoms. The van der Waals surface area contributed by atoms with Gasteiger partial charge in [0.1, 0.15) is 11.5 Å². The lowest BCUT2D eigenvalue weighted by molar-refractivity contribution is 0.0953. The highest BCUT2D eigenvalue weighted by atomic mass is 32.2. The zero-order valence-corrected chi connectivity index (χ0v) is 17.6. The molecule has 0 aliphatic rings. The second kappa shape index (κ2) is 11.8. The number of amides is 1. The summed E-state index contributed by atoms with van der Waals surface area (Å²) in [6.45, 7) is 5.17. The van der Waals surface area contributed by atoms with E-state index in [-0.39, 0.29) is 18.2 Å². The number of unbranched alkanes of at least 4 members (excludes halogenated alkanes) is 2. The second-order valence-electron chi connectivity index (χ2n) is 6.24. The van der Waals surface area contributed by atoms with Crippen LogP contribution in [0, 0.1) is 0 Å². The van der Waals surface area contributed by atoms with Crippen LogP contribution in [-0.2, 0) is 10.0 Å². The summed E-state index contributed by atoms with van der Waals surface area (Å²) in [4.78, 5) is 12.4. The molecule has 0 atom stereocenters. The summed E-state index contributed by atoms with van der Waals surface area (Å²) in [5, 5.41) is 2.67. The molecule has 0 spiro atoms. The highest BCUT2D eigenvalue weighted by molar-refractivity contribution is 7.89. The van der Waals surface area contributed by atoms with Gasteiger partial charge in [-0.25, -0.2) is 12.7 Å². The SMILES string of the molecule is CCCCN(CCCC)S(=O)(=O)CCNC(=O)c1ccc(OC)cc1OC. The predicted molar refractivity (Wildman–Crippen MR) is 107 cm³/mol. The number of benzene rings is 1. The van der Waals surface area contributed by atoms with Gasteiger partial charge in [0.25, 0.3) is 5.91 Å². The Bertz CT molecular complexity index is 683. The first-order chi connectivity index (χ1) is 12.9. The van der Waals surface area contributed by atoms with Gasteiger partial charge in [0.05, 0.1) is 25.5 Å². The van der Waals surface area contributed by atoms with E-state index >= 15 is 0 Å². The van der Waals surface area contributed by atoms with Crippen molar-refractivity contribution in [1.82, 2.24) is 9.62 Å². The van der Waals surface area contributed by atoms with E-state index in [4.69, 9.17) is 9.47 Å². The maximum Gasteiger partial charge on any atom is 0.255 e. The lowest BCUT2D eigenvalue weighted by Gasteiger charge is -2.22. The summed E-state index contributed by atoms with van der Waals surface area (Å²) in [6, 6.07) is 4.87. The quantitative estimate of drug-likeness (QED) is 0.550. The van der Waals surface area contributed by atoms with Crippen LogP contribution >= 0.6 is 0 Å². The summed E-state index contributed by atoms with van der Waals surface area (Å²) in [5.74, 6) is 0.457. The Hall–Kier alpha value is -1.80. The summed E-state index contributed by atoms with van der Waals surface area (Å²) in [7, 11) is -0.406. The van der Waals surface area contributed by atoms with Crippen molar-refractivity contribution in [2.24, 2.45) is 0 Å². The van der Waals surface area contributed by atoms with Crippen molar-refractivity contribution in [1.29, 1.82) is 0 Å². The third-order valence-corrected chi connectivity index (χ3v) is 6.09. The normalized spacial score (nSPS) is 11.4. The summed E-state index contributed by atoms with van der Waals surface area (Å²) in [5.41, 5.74) is 0.338. The molecule has 1 rings (SSSR count). The van der Waals surface area contributed by atoms with E-state index in [2.05, 4.69) is 5.32 Å². The number of nitrogens with zero attached hydrogens (tertiary/aromatic N) is 1. The number of sulfonamides is 1. The lowest BCUT2D eigenvalue weighted by Crippen LogP contribution is -2.38. The standard InChI is InChI=1S/C19H32N2O5S/c1-5-7-12-21(13-8-6-2)27(23,24)14-11-20-19(22)17-10-9-16(25-3)15-18(17)26-4/h9-10,15H,5-8,11-14H2,1-4H3,(H,20,22). The van der Waals surface area contributed by atoms with Crippen LogP contribution < -0.4 is 14.8 Å². The molecule has 0 radical (unpaired) electrons. The van der Waals surface area contributed by atoms with Crippen molar-refractivity contribution in [3.8, 4) is 11.5 Å². The van der Waals surface area contributed by atoms with Crippen LogP contribution in [0.25, 0.3) is 0 Å². The van der Waals surface area contributed by atoms with Crippen molar-refractivity contribution in [2.45, 2.75) is 39.5 Å². The average Bonchev–Trinajstić information content (AvgIpc) is 2.66.